The summed E-state index contributed by atoms with van der Waals surface area (Å²) in [5, 5.41) is 5.94. The van der Waals surface area contributed by atoms with E-state index in [9.17, 15) is 0 Å². The van der Waals surface area contributed by atoms with Crippen molar-refractivity contribution in [3.8, 4) is 0 Å². The highest BCUT2D eigenvalue weighted by Crippen LogP contribution is 2.26. The molecule has 0 spiro atoms. The predicted molar refractivity (Wildman–Crippen MR) is 105 cm³/mol. The van der Waals surface area contributed by atoms with Crippen LogP contribution in [0.15, 0.2) is 24.3 Å². The zero-order valence-corrected chi connectivity index (χ0v) is 16.4. The van der Waals surface area contributed by atoms with Crippen molar-refractivity contribution < 1.29 is 0 Å². The van der Waals surface area contributed by atoms with Crippen LogP contribution in [0.4, 0.5) is 0 Å². The summed E-state index contributed by atoms with van der Waals surface area (Å²) < 4.78 is 4.44. The number of fused-ring (bicyclic) bond motifs is 1. The smallest absolute Gasteiger partial charge is 0.0596 e. The maximum atomic E-state index is 4.55. The first kappa shape index (κ1) is 17.7. The first-order valence-corrected chi connectivity index (χ1v) is 9.11. The van der Waals surface area contributed by atoms with E-state index in [0.29, 0.717) is 0 Å². The maximum Gasteiger partial charge on any atom is 0.0596 e. The third-order valence-corrected chi connectivity index (χ3v) is 5.22. The van der Waals surface area contributed by atoms with Crippen LogP contribution < -0.4 is 0 Å². The maximum absolute atomic E-state index is 4.55. The molecule has 3 aromatic rings. The van der Waals surface area contributed by atoms with E-state index in [2.05, 4.69) is 85.3 Å². The van der Waals surface area contributed by atoms with Gasteiger partial charge < -0.3 is 9.47 Å². The zero-order chi connectivity index (χ0) is 18.1. The standard InChI is InChI=1S/C21H30N4/c1-15-8-9-19-20(18(4)24(6)21(19)12-15)14-23(5)10-7-11-25-17(3)13-16(2)22-25/h8-9,12-13H,7,10-11,14H2,1-6H3. The minimum atomic E-state index is 0.984. The third-order valence-electron chi connectivity index (χ3n) is 5.22. The number of benzene rings is 1. The lowest BCUT2D eigenvalue weighted by Gasteiger charge is -2.17. The molecule has 0 aliphatic heterocycles. The van der Waals surface area contributed by atoms with E-state index in [-0.39, 0.29) is 0 Å². The van der Waals surface area contributed by atoms with Crippen molar-refractivity contribution in [1.29, 1.82) is 0 Å². The first-order chi connectivity index (χ1) is 11.9. The summed E-state index contributed by atoms with van der Waals surface area (Å²) in [6.45, 7) is 11.6. The molecule has 0 aliphatic rings. The lowest BCUT2D eigenvalue weighted by molar-refractivity contribution is 0.311. The van der Waals surface area contributed by atoms with Crippen LogP contribution in [-0.4, -0.2) is 32.8 Å². The minimum Gasteiger partial charge on any atom is -0.348 e. The van der Waals surface area contributed by atoms with Crippen LogP contribution in [-0.2, 0) is 20.1 Å². The van der Waals surface area contributed by atoms with Gasteiger partial charge in [-0.2, -0.15) is 5.10 Å². The van der Waals surface area contributed by atoms with E-state index in [1.807, 2.05) is 0 Å². The normalized spacial score (nSPS) is 11.8. The Morgan fingerprint density at radius 3 is 2.52 bits per heavy atom. The fourth-order valence-electron chi connectivity index (χ4n) is 3.69. The highest BCUT2D eigenvalue weighted by molar-refractivity contribution is 5.86. The van der Waals surface area contributed by atoms with Crippen molar-refractivity contribution in [2.45, 2.75) is 47.2 Å². The summed E-state index contributed by atoms with van der Waals surface area (Å²) in [7, 11) is 4.39. The topological polar surface area (TPSA) is 26.0 Å². The molecule has 0 amide bonds. The molecule has 2 aromatic heterocycles. The van der Waals surface area contributed by atoms with Crippen LogP contribution in [0.2, 0.25) is 0 Å². The Balaban J connectivity index is 1.67. The van der Waals surface area contributed by atoms with Crippen molar-refractivity contribution in [3.63, 3.8) is 0 Å². The SMILES string of the molecule is Cc1ccc2c(CN(C)CCCn3nc(C)cc3C)c(C)n(C)c2c1. The van der Waals surface area contributed by atoms with Gasteiger partial charge >= 0.3 is 0 Å². The summed E-state index contributed by atoms with van der Waals surface area (Å²) in [5.74, 6) is 0. The number of aromatic nitrogens is 3. The molecular weight excluding hydrogens is 308 g/mol. The fraction of sp³-hybridized carbons (Fsp3) is 0.476. The summed E-state index contributed by atoms with van der Waals surface area (Å²) in [6, 6.07) is 8.92. The highest BCUT2D eigenvalue weighted by atomic mass is 15.3. The Morgan fingerprint density at radius 2 is 1.84 bits per heavy atom. The van der Waals surface area contributed by atoms with Crippen molar-refractivity contribution >= 4 is 10.9 Å². The Bertz CT molecular complexity index is 885. The lowest BCUT2D eigenvalue weighted by Crippen LogP contribution is -2.21. The molecule has 0 N–H and O–H groups in total. The number of aryl methyl sites for hydroxylation is 5. The molecule has 0 atom stereocenters. The van der Waals surface area contributed by atoms with Gasteiger partial charge in [-0.3, -0.25) is 4.68 Å². The minimum absolute atomic E-state index is 0.984. The van der Waals surface area contributed by atoms with Crippen LogP contribution in [0.1, 0.15) is 34.6 Å². The van der Waals surface area contributed by atoms with Gasteiger partial charge in [-0.1, -0.05) is 12.1 Å². The Morgan fingerprint density at radius 1 is 1.08 bits per heavy atom. The van der Waals surface area contributed by atoms with Gasteiger partial charge in [0.15, 0.2) is 0 Å². The van der Waals surface area contributed by atoms with E-state index >= 15 is 0 Å². The monoisotopic (exact) mass is 338 g/mol. The second kappa shape index (κ2) is 7.04. The highest BCUT2D eigenvalue weighted by Gasteiger charge is 2.13. The summed E-state index contributed by atoms with van der Waals surface area (Å²) in [4.78, 5) is 2.42. The van der Waals surface area contributed by atoms with Gasteiger partial charge in [-0.15, -0.1) is 0 Å². The Labute approximate surface area is 151 Å². The Kier molecular flexibility index (Phi) is 5.00. The van der Waals surface area contributed by atoms with Crippen molar-refractivity contribution in [2.75, 3.05) is 13.6 Å². The van der Waals surface area contributed by atoms with Gasteiger partial charge in [0.2, 0.25) is 0 Å². The van der Waals surface area contributed by atoms with Crippen LogP contribution in [0.3, 0.4) is 0 Å². The molecule has 2 heterocycles. The van der Waals surface area contributed by atoms with Crippen molar-refractivity contribution in [3.05, 3.63) is 52.5 Å². The van der Waals surface area contributed by atoms with Crippen molar-refractivity contribution in [2.24, 2.45) is 7.05 Å². The molecule has 4 heteroatoms. The van der Waals surface area contributed by atoms with E-state index in [1.54, 1.807) is 0 Å². The number of hydrogen-bond acceptors (Lipinski definition) is 2. The van der Waals surface area contributed by atoms with Crippen LogP contribution in [0, 0.1) is 27.7 Å². The van der Waals surface area contributed by atoms with Crippen LogP contribution >= 0.6 is 0 Å². The lowest BCUT2D eigenvalue weighted by atomic mass is 10.1. The third kappa shape index (κ3) is 3.64. The predicted octanol–water partition coefficient (Wildman–Crippen LogP) is 4.13. The molecule has 0 bridgehead atoms. The second-order valence-electron chi connectivity index (χ2n) is 7.39. The number of nitrogens with zero attached hydrogens (tertiary/aromatic N) is 4. The van der Waals surface area contributed by atoms with Crippen LogP contribution in [0.25, 0.3) is 10.9 Å². The summed E-state index contributed by atoms with van der Waals surface area (Å²) in [6.07, 6.45) is 1.11. The fourth-order valence-corrected chi connectivity index (χ4v) is 3.69. The molecule has 0 fully saturated rings. The molecule has 0 radical (unpaired) electrons. The van der Waals surface area contributed by atoms with Gasteiger partial charge in [-0.05, 0) is 71.0 Å². The van der Waals surface area contributed by atoms with Gasteiger partial charge in [0.05, 0.1) is 5.69 Å². The largest absolute Gasteiger partial charge is 0.348 e. The molecule has 3 rings (SSSR count). The van der Waals surface area contributed by atoms with Gasteiger partial charge in [0, 0.05) is 42.4 Å². The molecule has 25 heavy (non-hydrogen) atoms. The zero-order valence-electron chi connectivity index (χ0n) is 16.4. The van der Waals surface area contributed by atoms with E-state index < -0.39 is 0 Å². The van der Waals surface area contributed by atoms with Crippen LogP contribution in [0.5, 0.6) is 0 Å². The van der Waals surface area contributed by atoms with E-state index in [1.165, 1.54) is 33.4 Å². The average molecular weight is 338 g/mol. The first-order valence-electron chi connectivity index (χ1n) is 9.11. The molecule has 0 aliphatic carbocycles. The molecule has 0 saturated carbocycles. The average Bonchev–Trinajstić information content (AvgIpc) is 2.99. The number of rotatable bonds is 6. The van der Waals surface area contributed by atoms with Crippen molar-refractivity contribution in [1.82, 2.24) is 19.2 Å². The summed E-state index contributed by atoms with van der Waals surface area (Å²) in [5.41, 5.74) is 7.83. The number of hydrogen-bond donors (Lipinski definition) is 0. The molecule has 0 unspecified atom stereocenters. The molecule has 0 saturated heterocycles. The molecule has 1 aromatic carbocycles. The Hall–Kier alpha value is -2.07. The van der Waals surface area contributed by atoms with E-state index in [0.717, 1.165) is 31.7 Å². The second-order valence-corrected chi connectivity index (χ2v) is 7.39. The van der Waals surface area contributed by atoms with Gasteiger partial charge in [-0.25, -0.2) is 0 Å². The quantitative estimate of drug-likeness (QED) is 0.675. The van der Waals surface area contributed by atoms with Gasteiger partial charge in [0.1, 0.15) is 0 Å². The molecule has 134 valence electrons. The summed E-state index contributed by atoms with van der Waals surface area (Å²) >= 11 is 0. The van der Waals surface area contributed by atoms with E-state index in [4.69, 9.17) is 0 Å². The molecule has 4 nitrogen and oxygen atoms in total. The molecular formula is C21H30N4. The van der Waals surface area contributed by atoms with Gasteiger partial charge in [0.25, 0.3) is 0 Å².